The summed E-state index contributed by atoms with van der Waals surface area (Å²) < 4.78 is 5.29. The second-order valence-corrected chi connectivity index (χ2v) is 4.49. The average Bonchev–Trinajstić information content (AvgIpc) is 2.63. The van der Waals surface area contributed by atoms with Gasteiger partial charge in [-0.05, 0) is 37.2 Å². The molecule has 0 aromatic heterocycles. The van der Waals surface area contributed by atoms with Crippen molar-refractivity contribution in [2.45, 2.75) is 25.7 Å². The van der Waals surface area contributed by atoms with E-state index in [9.17, 15) is 4.79 Å². The standard InChI is InChI=1S/C11H14O2/c12-11(10-2-1-3-13-10)9-5-7-4-8(7)6-9/h2,7-9H,1,3-6H2. The minimum Gasteiger partial charge on any atom is -0.490 e. The lowest BCUT2D eigenvalue weighted by atomic mass is 9.97. The van der Waals surface area contributed by atoms with Gasteiger partial charge in [-0.2, -0.15) is 0 Å². The molecule has 2 saturated carbocycles. The normalized spacial score (nSPS) is 40.9. The summed E-state index contributed by atoms with van der Waals surface area (Å²) in [6.07, 6.45) is 6.50. The van der Waals surface area contributed by atoms with Crippen molar-refractivity contribution >= 4 is 5.78 Å². The highest BCUT2D eigenvalue weighted by atomic mass is 16.5. The Kier molecular flexibility index (Phi) is 1.52. The van der Waals surface area contributed by atoms with Gasteiger partial charge in [0.1, 0.15) is 0 Å². The summed E-state index contributed by atoms with van der Waals surface area (Å²) >= 11 is 0. The summed E-state index contributed by atoms with van der Waals surface area (Å²) in [6.45, 7) is 0.709. The monoisotopic (exact) mass is 178 g/mol. The van der Waals surface area contributed by atoms with Crippen LogP contribution in [0.5, 0.6) is 0 Å². The van der Waals surface area contributed by atoms with Crippen LogP contribution in [-0.2, 0) is 9.53 Å². The molecule has 0 N–H and O–H groups in total. The van der Waals surface area contributed by atoms with E-state index in [4.69, 9.17) is 4.74 Å². The van der Waals surface area contributed by atoms with E-state index in [0.29, 0.717) is 18.3 Å². The zero-order chi connectivity index (χ0) is 8.84. The molecule has 2 aliphatic carbocycles. The number of ether oxygens (including phenoxy) is 1. The molecular formula is C11H14O2. The molecule has 0 amide bonds. The summed E-state index contributed by atoms with van der Waals surface area (Å²) in [6, 6.07) is 0. The van der Waals surface area contributed by atoms with Crippen molar-refractivity contribution in [1.82, 2.24) is 0 Å². The van der Waals surface area contributed by atoms with Crippen LogP contribution in [0.3, 0.4) is 0 Å². The fourth-order valence-electron chi connectivity index (χ4n) is 2.72. The lowest BCUT2D eigenvalue weighted by Crippen LogP contribution is -2.15. The number of ketones is 1. The molecule has 1 aliphatic heterocycles. The third-order valence-electron chi connectivity index (χ3n) is 3.56. The number of Topliss-reactive ketones (excluding diaryl/α,β-unsaturated/α-hetero) is 1. The first-order chi connectivity index (χ1) is 6.34. The van der Waals surface area contributed by atoms with Gasteiger partial charge in [-0.3, -0.25) is 4.79 Å². The zero-order valence-electron chi connectivity index (χ0n) is 7.66. The predicted molar refractivity (Wildman–Crippen MR) is 48.0 cm³/mol. The van der Waals surface area contributed by atoms with Crippen LogP contribution in [0.1, 0.15) is 25.7 Å². The lowest BCUT2D eigenvalue weighted by Gasteiger charge is -2.10. The largest absolute Gasteiger partial charge is 0.490 e. The number of carbonyl (C=O) groups is 1. The summed E-state index contributed by atoms with van der Waals surface area (Å²) in [5.74, 6) is 3.01. The molecule has 0 aromatic rings. The van der Waals surface area contributed by atoms with Crippen LogP contribution >= 0.6 is 0 Å². The molecular weight excluding hydrogens is 164 g/mol. The molecule has 1 heterocycles. The Balaban J connectivity index is 1.68. The fourth-order valence-corrected chi connectivity index (χ4v) is 2.72. The minimum atomic E-state index is 0.282. The molecule has 2 nitrogen and oxygen atoms in total. The Bertz CT molecular complexity index is 270. The summed E-state index contributed by atoms with van der Waals surface area (Å²) in [4.78, 5) is 11.8. The summed E-state index contributed by atoms with van der Waals surface area (Å²) in [7, 11) is 0. The molecule has 2 unspecified atom stereocenters. The van der Waals surface area contributed by atoms with Gasteiger partial charge in [-0.1, -0.05) is 0 Å². The Labute approximate surface area is 78.0 Å². The fraction of sp³-hybridized carbons (Fsp3) is 0.727. The molecule has 13 heavy (non-hydrogen) atoms. The molecule has 70 valence electrons. The molecule has 0 radical (unpaired) electrons. The predicted octanol–water partition coefficient (Wildman–Crippen LogP) is 1.91. The number of carbonyl (C=O) groups excluding carboxylic acids is 1. The van der Waals surface area contributed by atoms with Gasteiger partial charge in [0.2, 0.25) is 0 Å². The van der Waals surface area contributed by atoms with E-state index in [1.165, 1.54) is 6.42 Å². The van der Waals surface area contributed by atoms with Crippen LogP contribution in [0.25, 0.3) is 0 Å². The van der Waals surface area contributed by atoms with Crippen LogP contribution in [0.2, 0.25) is 0 Å². The van der Waals surface area contributed by atoms with E-state index >= 15 is 0 Å². The maximum absolute atomic E-state index is 11.8. The highest BCUT2D eigenvalue weighted by Crippen LogP contribution is 2.54. The van der Waals surface area contributed by atoms with Crippen molar-refractivity contribution in [3.05, 3.63) is 11.8 Å². The molecule has 2 atom stereocenters. The van der Waals surface area contributed by atoms with Crippen molar-refractivity contribution < 1.29 is 9.53 Å². The topological polar surface area (TPSA) is 26.3 Å². The molecule has 0 spiro atoms. The van der Waals surface area contributed by atoms with Crippen LogP contribution in [0, 0.1) is 17.8 Å². The van der Waals surface area contributed by atoms with E-state index in [-0.39, 0.29) is 5.78 Å². The number of hydrogen-bond acceptors (Lipinski definition) is 2. The number of rotatable bonds is 2. The van der Waals surface area contributed by atoms with Gasteiger partial charge < -0.3 is 4.74 Å². The summed E-state index contributed by atoms with van der Waals surface area (Å²) in [5, 5.41) is 0. The van der Waals surface area contributed by atoms with E-state index in [2.05, 4.69) is 0 Å². The Morgan fingerprint density at radius 2 is 2.08 bits per heavy atom. The minimum absolute atomic E-state index is 0.282. The van der Waals surface area contributed by atoms with Crippen molar-refractivity contribution in [2.75, 3.05) is 6.61 Å². The van der Waals surface area contributed by atoms with E-state index in [1.807, 2.05) is 6.08 Å². The Morgan fingerprint density at radius 3 is 2.69 bits per heavy atom. The molecule has 0 saturated heterocycles. The highest BCUT2D eigenvalue weighted by molar-refractivity contribution is 5.95. The van der Waals surface area contributed by atoms with E-state index in [1.54, 1.807) is 0 Å². The molecule has 3 rings (SSSR count). The SMILES string of the molecule is O=C(C1=CCCO1)C1CC2CC2C1. The van der Waals surface area contributed by atoms with Gasteiger partial charge in [0.25, 0.3) is 0 Å². The third-order valence-corrected chi connectivity index (χ3v) is 3.56. The quantitative estimate of drug-likeness (QED) is 0.645. The highest BCUT2D eigenvalue weighted by Gasteiger charge is 2.48. The van der Waals surface area contributed by atoms with Crippen molar-refractivity contribution in [3.8, 4) is 0 Å². The molecule has 2 heteroatoms. The number of allylic oxidation sites excluding steroid dienone is 1. The van der Waals surface area contributed by atoms with Crippen molar-refractivity contribution in [2.24, 2.45) is 17.8 Å². The van der Waals surface area contributed by atoms with Gasteiger partial charge in [0.15, 0.2) is 11.5 Å². The first kappa shape index (κ1) is 7.60. The van der Waals surface area contributed by atoms with E-state index < -0.39 is 0 Å². The molecule has 2 fully saturated rings. The number of fused-ring (bicyclic) bond motifs is 1. The van der Waals surface area contributed by atoms with Gasteiger partial charge >= 0.3 is 0 Å². The maximum Gasteiger partial charge on any atom is 0.200 e. The van der Waals surface area contributed by atoms with Gasteiger partial charge in [-0.15, -0.1) is 0 Å². The smallest absolute Gasteiger partial charge is 0.200 e. The van der Waals surface area contributed by atoms with Gasteiger partial charge in [0.05, 0.1) is 6.61 Å². The van der Waals surface area contributed by atoms with Crippen LogP contribution < -0.4 is 0 Å². The van der Waals surface area contributed by atoms with Crippen molar-refractivity contribution in [3.63, 3.8) is 0 Å². The second kappa shape index (κ2) is 2.60. The number of hydrogen-bond donors (Lipinski definition) is 0. The Morgan fingerprint density at radius 1 is 1.31 bits per heavy atom. The second-order valence-electron chi connectivity index (χ2n) is 4.49. The first-order valence-electron chi connectivity index (χ1n) is 5.22. The van der Waals surface area contributed by atoms with E-state index in [0.717, 1.165) is 31.1 Å². The first-order valence-corrected chi connectivity index (χ1v) is 5.22. The average molecular weight is 178 g/mol. The van der Waals surface area contributed by atoms with Crippen LogP contribution in [-0.4, -0.2) is 12.4 Å². The lowest BCUT2D eigenvalue weighted by molar-refractivity contribution is -0.122. The Hall–Kier alpha value is -0.790. The molecule has 0 bridgehead atoms. The third kappa shape index (κ3) is 1.19. The maximum atomic E-state index is 11.8. The van der Waals surface area contributed by atoms with Crippen LogP contribution in [0.15, 0.2) is 11.8 Å². The van der Waals surface area contributed by atoms with Crippen LogP contribution in [0.4, 0.5) is 0 Å². The van der Waals surface area contributed by atoms with Gasteiger partial charge in [0, 0.05) is 12.3 Å². The van der Waals surface area contributed by atoms with Crippen molar-refractivity contribution in [1.29, 1.82) is 0 Å². The van der Waals surface area contributed by atoms with Gasteiger partial charge in [-0.25, -0.2) is 0 Å². The summed E-state index contributed by atoms with van der Waals surface area (Å²) in [5.41, 5.74) is 0. The molecule has 0 aromatic carbocycles. The zero-order valence-corrected chi connectivity index (χ0v) is 7.66. The molecule has 3 aliphatic rings.